The molecule has 0 spiro atoms. The van der Waals surface area contributed by atoms with Crippen LogP contribution in [-0.4, -0.2) is 34.9 Å². The van der Waals surface area contributed by atoms with Crippen LogP contribution in [-0.2, 0) is 11.3 Å². The first-order chi connectivity index (χ1) is 9.61. The van der Waals surface area contributed by atoms with Crippen molar-refractivity contribution in [2.45, 2.75) is 32.4 Å². The molecule has 20 heavy (non-hydrogen) atoms. The van der Waals surface area contributed by atoms with E-state index in [0.29, 0.717) is 6.54 Å². The molecule has 1 atom stereocenters. The Morgan fingerprint density at radius 3 is 2.70 bits per heavy atom. The van der Waals surface area contributed by atoms with Gasteiger partial charge in [-0.25, -0.2) is 0 Å². The summed E-state index contributed by atoms with van der Waals surface area (Å²) in [4.78, 5) is 24.1. The van der Waals surface area contributed by atoms with E-state index in [0.717, 1.165) is 31.5 Å². The number of non-ortho nitro benzene ring substituents is 1. The highest BCUT2D eigenvalue weighted by Crippen LogP contribution is 2.17. The molecule has 6 heteroatoms. The lowest BCUT2D eigenvalue weighted by Gasteiger charge is -2.17. The Labute approximate surface area is 117 Å². The quantitative estimate of drug-likeness (QED) is 0.634. The van der Waals surface area contributed by atoms with Crippen LogP contribution >= 0.6 is 0 Å². The summed E-state index contributed by atoms with van der Waals surface area (Å²) in [6.45, 7) is 4.17. The average molecular weight is 277 g/mol. The van der Waals surface area contributed by atoms with Crippen LogP contribution in [0.25, 0.3) is 0 Å². The Balaban J connectivity index is 1.93. The summed E-state index contributed by atoms with van der Waals surface area (Å²) in [5, 5.41) is 13.8. The lowest BCUT2D eigenvalue weighted by atomic mass is 10.2. The van der Waals surface area contributed by atoms with Crippen LogP contribution in [0.15, 0.2) is 24.3 Å². The van der Waals surface area contributed by atoms with Crippen LogP contribution in [0, 0.1) is 10.1 Å². The topological polar surface area (TPSA) is 75.5 Å². The number of nitro benzene ring substituents is 1. The third-order valence-corrected chi connectivity index (χ3v) is 3.46. The third kappa shape index (κ3) is 3.33. The molecule has 0 aliphatic carbocycles. The first kappa shape index (κ1) is 14.5. The number of benzene rings is 1. The van der Waals surface area contributed by atoms with Crippen molar-refractivity contribution in [1.29, 1.82) is 0 Å². The van der Waals surface area contributed by atoms with Gasteiger partial charge in [0.1, 0.15) is 0 Å². The molecule has 0 aromatic heterocycles. The minimum atomic E-state index is -0.421. The van der Waals surface area contributed by atoms with E-state index in [9.17, 15) is 14.9 Å². The van der Waals surface area contributed by atoms with Crippen molar-refractivity contribution in [2.24, 2.45) is 0 Å². The first-order valence-electron chi connectivity index (χ1n) is 6.87. The largest absolute Gasteiger partial charge is 0.337 e. The van der Waals surface area contributed by atoms with Crippen molar-refractivity contribution in [2.75, 3.05) is 13.1 Å². The molecule has 1 fully saturated rings. The summed E-state index contributed by atoms with van der Waals surface area (Å²) in [7, 11) is 0. The fourth-order valence-corrected chi connectivity index (χ4v) is 2.35. The molecule has 1 unspecified atom stereocenters. The Bertz CT molecular complexity index is 487. The number of hydrogen-bond donors (Lipinski definition) is 1. The van der Waals surface area contributed by atoms with Crippen molar-refractivity contribution in [3.05, 3.63) is 39.9 Å². The lowest BCUT2D eigenvalue weighted by Crippen LogP contribution is -2.38. The van der Waals surface area contributed by atoms with Gasteiger partial charge in [-0.05, 0) is 24.9 Å². The monoisotopic (exact) mass is 277 g/mol. The molecule has 1 aromatic carbocycles. The van der Waals surface area contributed by atoms with Gasteiger partial charge in [0, 0.05) is 25.2 Å². The molecule has 1 aliphatic heterocycles. The van der Waals surface area contributed by atoms with E-state index in [1.54, 1.807) is 17.0 Å². The fourth-order valence-electron chi connectivity index (χ4n) is 2.35. The van der Waals surface area contributed by atoms with Gasteiger partial charge >= 0.3 is 0 Å². The summed E-state index contributed by atoms with van der Waals surface area (Å²) in [5.41, 5.74) is 0.990. The van der Waals surface area contributed by atoms with E-state index >= 15 is 0 Å². The van der Waals surface area contributed by atoms with E-state index in [2.05, 4.69) is 12.2 Å². The lowest BCUT2D eigenvalue weighted by molar-refractivity contribution is -0.384. The summed E-state index contributed by atoms with van der Waals surface area (Å²) in [5.74, 6) is 0.122. The minimum Gasteiger partial charge on any atom is -0.337 e. The van der Waals surface area contributed by atoms with Gasteiger partial charge in [0.25, 0.3) is 5.69 Å². The molecule has 1 heterocycles. The molecule has 1 amide bonds. The third-order valence-electron chi connectivity index (χ3n) is 3.46. The van der Waals surface area contributed by atoms with Gasteiger partial charge in [-0.2, -0.15) is 0 Å². The number of carbonyl (C=O) groups excluding carboxylic acids is 1. The minimum absolute atomic E-state index is 0.0731. The van der Waals surface area contributed by atoms with Gasteiger partial charge in [-0.3, -0.25) is 14.9 Å². The highest BCUT2D eigenvalue weighted by Gasteiger charge is 2.30. The standard InChI is InChI=1S/C14H19N3O3/c1-2-8-15-13-7-9-16(14(13)18)10-11-3-5-12(6-4-11)17(19)20/h3-6,13,15H,2,7-10H2,1H3. The van der Waals surface area contributed by atoms with Crippen molar-refractivity contribution in [1.82, 2.24) is 10.2 Å². The SMILES string of the molecule is CCCNC1CCN(Cc2ccc([N+](=O)[O-])cc2)C1=O. The number of nitrogens with zero attached hydrogens (tertiary/aromatic N) is 2. The molecular formula is C14H19N3O3. The summed E-state index contributed by atoms with van der Waals surface area (Å²) in [6, 6.07) is 6.29. The molecule has 1 aromatic rings. The molecule has 1 saturated heterocycles. The van der Waals surface area contributed by atoms with Crippen LogP contribution in [0.3, 0.4) is 0 Å². The van der Waals surface area contributed by atoms with Gasteiger partial charge < -0.3 is 10.2 Å². The molecule has 6 nitrogen and oxygen atoms in total. The maximum Gasteiger partial charge on any atom is 0.269 e. The van der Waals surface area contributed by atoms with Gasteiger partial charge in [0.15, 0.2) is 0 Å². The van der Waals surface area contributed by atoms with E-state index < -0.39 is 4.92 Å². The van der Waals surface area contributed by atoms with Gasteiger partial charge in [0.2, 0.25) is 5.91 Å². The second-order valence-electron chi connectivity index (χ2n) is 4.98. The highest BCUT2D eigenvalue weighted by atomic mass is 16.6. The Hall–Kier alpha value is -1.95. The molecule has 1 N–H and O–H groups in total. The zero-order valence-corrected chi connectivity index (χ0v) is 11.5. The molecule has 108 valence electrons. The highest BCUT2D eigenvalue weighted by molar-refractivity contribution is 5.83. The zero-order valence-electron chi connectivity index (χ0n) is 11.5. The van der Waals surface area contributed by atoms with Crippen molar-refractivity contribution < 1.29 is 9.72 Å². The van der Waals surface area contributed by atoms with E-state index in [-0.39, 0.29) is 17.6 Å². The van der Waals surface area contributed by atoms with Crippen LogP contribution in [0.2, 0.25) is 0 Å². The second kappa shape index (κ2) is 6.47. The molecule has 2 rings (SSSR count). The Morgan fingerprint density at radius 1 is 1.40 bits per heavy atom. The van der Waals surface area contributed by atoms with E-state index in [1.807, 2.05) is 0 Å². The predicted molar refractivity (Wildman–Crippen MR) is 75.2 cm³/mol. The average Bonchev–Trinajstić information content (AvgIpc) is 2.78. The summed E-state index contributed by atoms with van der Waals surface area (Å²) in [6.07, 6.45) is 1.83. The molecule has 0 bridgehead atoms. The number of nitrogens with one attached hydrogen (secondary N) is 1. The Morgan fingerprint density at radius 2 is 2.10 bits per heavy atom. The van der Waals surface area contributed by atoms with Gasteiger partial charge in [-0.1, -0.05) is 19.1 Å². The number of likely N-dealkylation sites (tertiary alicyclic amines) is 1. The number of hydrogen-bond acceptors (Lipinski definition) is 4. The number of nitro groups is 1. The van der Waals surface area contributed by atoms with E-state index in [1.165, 1.54) is 12.1 Å². The number of rotatable bonds is 6. The second-order valence-corrected chi connectivity index (χ2v) is 4.98. The van der Waals surface area contributed by atoms with Crippen LogP contribution in [0.4, 0.5) is 5.69 Å². The normalized spacial score (nSPS) is 18.6. The molecular weight excluding hydrogens is 258 g/mol. The van der Waals surface area contributed by atoms with Crippen molar-refractivity contribution >= 4 is 11.6 Å². The first-order valence-corrected chi connectivity index (χ1v) is 6.87. The summed E-state index contributed by atoms with van der Waals surface area (Å²) >= 11 is 0. The molecule has 0 radical (unpaired) electrons. The molecule has 0 saturated carbocycles. The van der Waals surface area contributed by atoms with Crippen molar-refractivity contribution in [3.8, 4) is 0 Å². The number of amides is 1. The smallest absolute Gasteiger partial charge is 0.269 e. The van der Waals surface area contributed by atoms with Gasteiger partial charge in [-0.15, -0.1) is 0 Å². The summed E-state index contributed by atoms with van der Waals surface area (Å²) < 4.78 is 0. The van der Waals surface area contributed by atoms with Crippen LogP contribution in [0.1, 0.15) is 25.3 Å². The van der Waals surface area contributed by atoms with Crippen molar-refractivity contribution in [3.63, 3.8) is 0 Å². The van der Waals surface area contributed by atoms with Crippen LogP contribution in [0.5, 0.6) is 0 Å². The predicted octanol–water partition coefficient (Wildman–Crippen LogP) is 1.70. The zero-order chi connectivity index (χ0) is 14.5. The maximum absolute atomic E-state index is 12.1. The van der Waals surface area contributed by atoms with E-state index in [4.69, 9.17) is 0 Å². The fraction of sp³-hybridized carbons (Fsp3) is 0.500. The Kier molecular flexibility index (Phi) is 4.68. The molecule has 1 aliphatic rings. The maximum atomic E-state index is 12.1. The number of carbonyl (C=O) groups is 1. The van der Waals surface area contributed by atoms with Gasteiger partial charge in [0.05, 0.1) is 11.0 Å². The van der Waals surface area contributed by atoms with Crippen LogP contribution < -0.4 is 5.32 Å².